The lowest BCUT2D eigenvalue weighted by Crippen LogP contribution is -2.53. The van der Waals surface area contributed by atoms with E-state index in [4.69, 9.17) is 10.5 Å². The fourth-order valence-corrected chi connectivity index (χ4v) is 3.47. The largest absolute Gasteiger partial charge is 0.462 e. The van der Waals surface area contributed by atoms with E-state index in [-0.39, 0.29) is 18.4 Å². The molecule has 0 aliphatic carbocycles. The maximum atomic E-state index is 12.6. The highest BCUT2D eigenvalue weighted by atomic mass is 16.5. The normalized spacial score (nSPS) is 13.7. The van der Waals surface area contributed by atoms with Crippen molar-refractivity contribution < 1.29 is 19.1 Å². The molecule has 0 saturated heterocycles. The molecule has 0 spiro atoms. The summed E-state index contributed by atoms with van der Waals surface area (Å²) in [6, 6.07) is 14.5. The molecule has 0 radical (unpaired) electrons. The van der Waals surface area contributed by atoms with Crippen LogP contribution in [-0.4, -0.2) is 47.5 Å². The molecule has 0 fully saturated rings. The second-order valence-corrected chi connectivity index (χ2v) is 7.74. The number of carbonyl (C=O) groups excluding carboxylic acids is 3. The number of benzene rings is 2. The predicted molar refractivity (Wildman–Crippen MR) is 122 cm³/mol. The van der Waals surface area contributed by atoms with Gasteiger partial charge in [0, 0.05) is 42.0 Å². The van der Waals surface area contributed by atoms with Crippen molar-refractivity contribution in [3.63, 3.8) is 0 Å². The van der Waals surface area contributed by atoms with Crippen molar-refractivity contribution in [3.05, 3.63) is 71.9 Å². The van der Waals surface area contributed by atoms with Crippen molar-refractivity contribution in [1.82, 2.24) is 15.6 Å². The number of nitrogens with two attached hydrogens (primary N) is 1. The molecule has 8 nitrogen and oxygen atoms in total. The molecular formula is C24H28N4O4. The van der Waals surface area contributed by atoms with Crippen LogP contribution in [0.5, 0.6) is 0 Å². The van der Waals surface area contributed by atoms with Gasteiger partial charge in [0.1, 0.15) is 12.6 Å². The number of rotatable bonds is 9. The third-order valence-corrected chi connectivity index (χ3v) is 5.21. The summed E-state index contributed by atoms with van der Waals surface area (Å²) in [4.78, 5) is 39.8. The molecule has 2 aromatic carbocycles. The molecule has 0 bridgehead atoms. The van der Waals surface area contributed by atoms with Gasteiger partial charge in [-0.3, -0.25) is 14.4 Å². The Kier molecular flexibility index (Phi) is 7.62. The lowest BCUT2D eigenvalue weighted by atomic mass is 10.1. The van der Waals surface area contributed by atoms with Gasteiger partial charge in [0.05, 0.1) is 6.04 Å². The number of carbonyl (C=O) groups is 3. The lowest BCUT2D eigenvalue weighted by Gasteiger charge is -2.26. The molecule has 0 aliphatic heterocycles. The molecule has 0 aliphatic rings. The van der Waals surface area contributed by atoms with Crippen LogP contribution >= 0.6 is 0 Å². The van der Waals surface area contributed by atoms with E-state index in [1.807, 2.05) is 36.5 Å². The minimum atomic E-state index is -0.865. The molecule has 0 saturated carbocycles. The number of aromatic nitrogens is 1. The first kappa shape index (κ1) is 23.0. The van der Waals surface area contributed by atoms with E-state index in [0.29, 0.717) is 12.0 Å². The van der Waals surface area contributed by atoms with E-state index >= 15 is 0 Å². The number of esters is 1. The van der Waals surface area contributed by atoms with Gasteiger partial charge in [-0.1, -0.05) is 36.4 Å². The molecule has 1 aromatic heterocycles. The van der Waals surface area contributed by atoms with Gasteiger partial charge in [0.25, 0.3) is 5.91 Å². The Balaban J connectivity index is 1.62. The van der Waals surface area contributed by atoms with Crippen molar-refractivity contribution in [3.8, 4) is 0 Å². The highest BCUT2D eigenvalue weighted by molar-refractivity contribution is 5.94. The number of hydrogen-bond acceptors (Lipinski definition) is 5. The van der Waals surface area contributed by atoms with Crippen molar-refractivity contribution in [2.24, 2.45) is 5.73 Å². The molecule has 3 atom stereocenters. The minimum absolute atomic E-state index is 0.125. The summed E-state index contributed by atoms with van der Waals surface area (Å²) in [6.45, 7) is 2.99. The Labute approximate surface area is 186 Å². The lowest BCUT2D eigenvalue weighted by molar-refractivity contribution is -0.146. The number of H-pyrrole nitrogens is 1. The Morgan fingerprint density at radius 1 is 1.03 bits per heavy atom. The van der Waals surface area contributed by atoms with Crippen LogP contribution in [-0.2, 0) is 20.7 Å². The van der Waals surface area contributed by atoms with Gasteiger partial charge in [-0.2, -0.15) is 0 Å². The van der Waals surface area contributed by atoms with E-state index in [1.165, 1.54) is 6.92 Å². The molecular weight excluding hydrogens is 408 g/mol. The summed E-state index contributed by atoms with van der Waals surface area (Å²) in [5, 5.41) is 6.56. The van der Waals surface area contributed by atoms with Crippen LogP contribution in [0.4, 0.5) is 0 Å². The zero-order valence-electron chi connectivity index (χ0n) is 18.1. The second kappa shape index (κ2) is 10.6. The highest BCUT2D eigenvalue weighted by Crippen LogP contribution is 2.19. The summed E-state index contributed by atoms with van der Waals surface area (Å²) in [7, 11) is 0. The van der Waals surface area contributed by atoms with Crippen LogP contribution < -0.4 is 16.4 Å². The number of fused-ring (bicyclic) bond motifs is 1. The number of aromatic amines is 1. The van der Waals surface area contributed by atoms with Crippen molar-refractivity contribution in [2.75, 3.05) is 6.61 Å². The van der Waals surface area contributed by atoms with Gasteiger partial charge in [-0.25, -0.2) is 0 Å². The van der Waals surface area contributed by atoms with Gasteiger partial charge < -0.3 is 26.1 Å². The van der Waals surface area contributed by atoms with E-state index in [0.717, 1.165) is 16.5 Å². The van der Waals surface area contributed by atoms with Gasteiger partial charge in [-0.15, -0.1) is 0 Å². The number of hydrogen-bond donors (Lipinski definition) is 4. The molecule has 2 amide bonds. The summed E-state index contributed by atoms with van der Waals surface area (Å²) in [6.07, 6.45) is 2.14. The molecule has 1 unspecified atom stereocenters. The number of amides is 2. The number of nitrogens with one attached hydrogen (secondary N) is 3. The standard InChI is InChI=1S/C24H28N4O4/c1-15(27-16(2)29)22(28-23(30)17-8-4-3-5-9-17)14-32-24(31)20(25)12-18-13-26-21-11-7-6-10-19(18)21/h3-11,13,15,20,22,26H,12,14,25H2,1-2H3,(H,27,29)(H,28,30)/t15?,20-,22-/m0/s1. The van der Waals surface area contributed by atoms with Crippen LogP contribution in [0.25, 0.3) is 10.9 Å². The average Bonchev–Trinajstić information content (AvgIpc) is 3.19. The molecule has 8 heteroatoms. The maximum absolute atomic E-state index is 12.6. The first-order valence-corrected chi connectivity index (χ1v) is 10.5. The van der Waals surface area contributed by atoms with Gasteiger partial charge in [0.15, 0.2) is 0 Å². The van der Waals surface area contributed by atoms with E-state index in [9.17, 15) is 14.4 Å². The van der Waals surface area contributed by atoms with E-state index in [2.05, 4.69) is 15.6 Å². The fourth-order valence-electron chi connectivity index (χ4n) is 3.47. The van der Waals surface area contributed by atoms with Crippen LogP contribution in [0.1, 0.15) is 29.8 Å². The van der Waals surface area contributed by atoms with Gasteiger partial charge in [-0.05, 0) is 30.7 Å². The molecule has 5 N–H and O–H groups in total. The third-order valence-electron chi connectivity index (χ3n) is 5.21. The van der Waals surface area contributed by atoms with Gasteiger partial charge in [0.2, 0.25) is 5.91 Å². The molecule has 32 heavy (non-hydrogen) atoms. The van der Waals surface area contributed by atoms with Crippen LogP contribution in [0.2, 0.25) is 0 Å². The zero-order valence-corrected chi connectivity index (χ0v) is 18.1. The first-order valence-electron chi connectivity index (χ1n) is 10.5. The highest BCUT2D eigenvalue weighted by Gasteiger charge is 2.25. The monoisotopic (exact) mass is 436 g/mol. The van der Waals surface area contributed by atoms with Crippen LogP contribution in [0.15, 0.2) is 60.8 Å². The van der Waals surface area contributed by atoms with Gasteiger partial charge >= 0.3 is 5.97 Å². The average molecular weight is 437 g/mol. The number of para-hydroxylation sites is 1. The second-order valence-electron chi connectivity index (χ2n) is 7.74. The van der Waals surface area contributed by atoms with Crippen molar-refractivity contribution in [1.29, 1.82) is 0 Å². The summed E-state index contributed by atoms with van der Waals surface area (Å²) in [5.41, 5.74) is 8.45. The van der Waals surface area contributed by atoms with Crippen LogP contribution in [0, 0.1) is 0 Å². The minimum Gasteiger partial charge on any atom is -0.462 e. The quantitative estimate of drug-likeness (QED) is 0.381. The summed E-state index contributed by atoms with van der Waals surface area (Å²) >= 11 is 0. The third kappa shape index (κ3) is 5.95. The molecule has 1 heterocycles. The van der Waals surface area contributed by atoms with Crippen molar-refractivity contribution >= 4 is 28.7 Å². The molecule has 3 rings (SSSR count). The summed E-state index contributed by atoms with van der Waals surface area (Å²) in [5.74, 6) is -1.16. The zero-order chi connectivity index (χ0) is 23.1. The van der Waals surface area contributed by atoms with Crippen LogP contribution in [0.3, 0.4) is 0 Å². The Morgan fingerprint density at radius 2 is 1.72 bits per heavy atom. The topological polar surface area (TPSA) is 126 Å². The Bertz CT molecular complexity index is 1080. The predicted octanol–water partition coefficient (Wildman–Crippen LogP) is 1.90. The Hall–Kier alpha value is -3.65. The number of ether oxygens (including phenoxy) is 1. The summed E-state index contributed by atoms with van der Waals surface area (Å²) < 4.78 is 5.43. The SMILES string of the molecule is CC(=O)NC(C)[C@H](COC(=O)[C@@H](N)Cc1c[nH]c2ccccc12)NC(=O)c1ccccc1. The molecule has 3 aromatic rings. The van der Waals surface area contributed by atoms with E-state index in [1.54, 1.807) is 31.2 Å². The van der Waals surface area contributed by atoms with E-state index < -0.39 is 24.1 Å². The Morgan fingerprint density at radius 3 is 2.44 bits per heavy atom. The smallest absolute Gasteiger partial charge is 0.323 e. The maximum Gasteiger partial charge on any atom is 0.323 e. The van der Waals surface area contributed by atoms with Crippen molar-refractivity contribution in [2.45, 2.75) is 38.4 Å². The fraction of sp³-hybridized carbons (Fsp3) is 0.292. The first-order chi connectivity index (χ1) is 15.3. The molecule has 168 valence electrons.